The van der Waals surface area contributed by atoms with Gasteiger partial charge in [-0.15, -0.1) is 0 Å². The molecule has 3 heterocycles. The van der Waals surface area contributed by atoms with Crippen LogP contribution in [0.4, 0.5) is 0 Å². The maximum absolute atomic E-state index is 12.3. The Morgan fingerprint density at radius 3 is 2.57 bits per heavy atom. The third kappa shape index (κ3) is 5.40. The van der Waals surface area contributed by atoms with Gasteiger partial charge in [-0.05, 0) is 18.1 Å². The van der Waals surface area contributed by atoms with Crippen molar-refractivity contribution < 1.29 is 18.8 Å². The summed E-state index contributed by atoms with van der Waals surface area (Å²) < 4.78 is 19.9. The predicted octanol–water partition coefficient (Wildman–Crippen LogP) is 3.29. The van der Waals surface area contributed by atoms with Crippen LogP contribution in [0.3, 0.4) is 0 Å². The van der Waals surface area contributed by atoms with E-state index in [9.17, 15) is 14.7 Å². The van der Waals surface area contributed by atoms with Crippen LogP contribution >= 0.6 is 40.1 Å². The molecule has 30 heavy (non-hydrogen) atoms. The fourth-order valence-electron chi connectivity index (χ4n) is 2.91. The number of nitrogens with one attached hydrogen (secondary N) is 1. The van der Waals surface area contributed by atoms with E-state index in [0.717, 1.165) is 11.5 Å². The molecule has 0 amide bonds. The average molecular weight is 514 g/mol. The van der Waals surface area contributed by atoms with Crippen LogP contribution in [0.25, 0.3) is 0 Å². The Labute approximate surface area is 191 Å². The van der Waals surface area contributed by atoms with Gasteiger partial charge < -0.3 is 14.3 Å². The minimum Gasteiger partial charge on any atom is -0.414 e. The minimum absolute atomic E-state index is 0.0186. The molecule has 4 atom stereocenters. The van der Waals surface area contributed by atoms with Gasteiger partial charge in [-0.3, -0.25) is 14.3 Å². The second kappa shape index (κ2) is 9.22. The molecular weight excluding hydrogens is 483 g/mol. The first-order chi connectivity index (χ1) is 13.8. The molecule has 1 aromatic heterocycles. The van der Waals surface area contributed by atoms with Crippen molar-refractivity contribution in [2.75, 3.05) is 18.1 Å². The summed E-state index contributed by atoms with van der Waals surface area (Å²) in [5.41, 5.74) is -1.15. The summed E-state index contributed by atoms with van der Waals surface area (Å²) in [4.78, 5) is 25.9. The van der Waals surface area contributed by atoms with Crippen molar-refractivity contribution in [3.63, 3.8) is 0 Å². The molecule has 0 aromatic carbocycles. The van der Waals surface area contributed by atoms with Crippen LogP contribution in [0.2, 0.25) is 18.1 Å². The van der Waals surface area contributed by atoms with E-state index < -0.39 is 49.2 Å². The Morgan fingerprint density at radius 2 is 2.00 bits per heavy atom. The Balaban J connectivity index is 1.85. The Morgan fingerprint density at radius 1 is 1.37 bits per heavy atom. The van der Waals surface area contributed by atoms with Gasteiger partial charge in [0.2, 0.25) is 0 Å². The summed E-state index contributed by atoms with van der Waals surface area (Å²) in [6.45, 7) is 11.0. The van der Waals surface area contributed by atoms with Gasteiger partial charge in [0, 0.05) is 23.8 Å². The highest BCUT2D eigenvalue weighted by Gasteiger charge is 2.56. The van der Waals surface area contributed by atoms with E-state index in [-0.39, 0.29) is 11.6 Å². The van der Waals surface area contributed by atoms with Crippen molar-refractivity contribution in [3.05, 3.63) is 33.1 Å². The fourth-order valence-corrected chi connectivity index (χ4v) is 13.5. The number of hydrogen-bond acceptors (Lipinski definition) is 9. The molecule has 0 unspecified atom stereocenters. The Bertz CT molecular complexity index is 870. The molecule has 13 heteroatoms. The third-order valence-electron chi connectivity index (χ3n) is 5.70. The zero-order valence-corrected chi connectivity index (χ0v) is 22.2. The molecule has 0 saturated carbocycles. The summed E-state index contributed by atoms with van der Waals surface area (Å²) in [6.07, 6.45) is -2.02. The number of aromatic amines is 1. The average Bonchev–Trinajstić information content (AvgIpc) is 3.18. The van der Waals surface area contributed by atoms with Crippen molar-refractivity contribution in [1.29, 1.82) is 0 Å². The molecule has 0 bridgehead atoms. The maximum atomic E-state index is 12.3. The van der Waals surface area contributed by atoms with Crippen LogP contribution in [0.5, 0.6) is 0 Å². The van der Waals surface area contributed by atoms with E-state index in [1.807, 2.05) is 0 Å². The van der Waals surface area contributed by atoms with E-state index >= 15 is 0 Å². The number of rotatable bonds is 6. The Hall–Kier alpha value is 0.217. The van der Waals surface area contributed by atoms with Crippen molar-refractivity contribution in [2.45, 2.75) is 63.4 Å². The first-order valence-corrected chi connectivity index (χ1v) is 18.7. The van der Waals surface area contributed by atoms with E-state index in [1.54, 1.807) is 22.8 Å². The topological polar surface area (TPSA) is 103 Å². The van der Waals surface area contributed by atoms with E-state index in [4.69, 9.17) is 25.9 Å². The lowest BCUT2D eigenvalue weighted by Gasteiger charge is -2.37. The predicted molar refractivity (Wildman–Crippen MR) is 130 cm³/mol. The van der Waals surface area contributed by atoms with Gasteiger partial charge in [-0.1, -0.05) is 20.8 Å². The molecule has 0 spiro atoms. The summed E-state index contributed by atoms with van der Waals surface area (Å²) in [5, 5.41) is 8.99. The number of thiol groups is 1. The highest BCUT2D eigenvalue weighted by Crippen LogP contribution is 2.87. The summed E-state index contributed by atoms with van der Waals surface area (Å²) >= 11 is 8.09. The van der Waals surface area contributed by atoms with Gasteiger partial charge in [0.05, 0.1) is 41.6 Å². The van der Waals surface area contributed by atoms with Crippen LogP contribution < -0.4 is 11.2 Å². The molecule has 2 aliphatic rings. The molecule has 170 valence electrons. The molecule has 1 aromatic rings. The van der Waals surface area contributed by atoms with Gasteiger partial charge in [0.15, 0.2) is 20.6 Å². The van der Waals surface area contributed by atoms with Crippen molar-refractivity contribution in [3.8, 4) is 0 Å². The highest BCUT2D eigenvalue weighted by atomic mass is 33.4. The quantitative estimate of drug-likeness (QED) is 0.303. The number of nitrogens with zero attached hydrogens (tertiary/aromatic N) is 1. The van der Waals surface area contributed by atoms with Crippen LogP contribution in [0, 0.1) is 0 Å². The highest BCUT2D eigenvalue weighted by molar-refractivity contribution is 9.15. The van der Waals surface area contributed by atoms with Gasteiger partial charge >= 0.3 is 10.8 Å². The molecule has 8 nitrogen and oxygen atoms in total. The third-order valence-corrected chi connectivity index (χ3v) is 20.2. The molecule has 2 fully saturated rings. The van der Waals surface area contributed by atoms with E-state index in [2.05, 4.69) is 38.8 Å². The second-order valence-electron chi connectivity index (χ2n) is 8.85. The fraction of sp³-hybridized carbons (Fsp3) is 0.765. The number of aliphatic hydroxyl groups excluding tert-OH is 1. The molecule has 2 N–H and O–H groups in total. The van der Waals surface area contributed by atoms with Crippen LogP contribution in [0.15, 0.2) is 21.9 Å². The molecule has 3 rings (SSSR count). The van der Waals surface area contributed by atoms with Gasteiger partial charge in [-0.25, -0.2) is 4.79 Å². The standard InChI is InChI=1S/C17H29N2O6PS3Si/c1-17(2,3)30(4,5)23-10-11-14(25-26(27)28-8-9-29-26)13(21)15(24-11)19-7-6-12(20)18-16(19)22/h6-7,11,13-15,21,27H,8-10H2,1-5H3/p+1/t11-,13-,14-,15-/m1/s1. The lowest BCUT2D eigenvalue weighted by molar-refractivity contribution is -0.0525. The molecule has 0 aliphatic carbocycles. The van der Waals surface area contributed by atoms with Gasteiger partial charge in [0.25, 0.3) is 5.56 Å². The number of H-pyrrole nitrogens is 1. The number of ether oxygens (including phenoxy) is 1. The number of aromatic nitrogens is 2. The maximum Gasteiger partial charge on any atom is 0.330 e. The normalized spacial score (nSPS) is 29.4. The van der Waals surface area contributed by atoms with Crippen molar-refractivity contribution in [1.82, 2.24) is 9.55 Å². The van der Waals surface area contributed by atoms with Crippen LogP contribution in [0.1, 0.15) is 27.0 Å². The first kappa shape index (κ1) is 24.9. The van der Waals surface area contributed by atoms with Crippen molar-refractivity contribution in [2.24, 2.45) is 0 Å². The monoisotopic (exact) mass is 513 g/mol. The number of hydrogen-bond donors (Lipinski definition) is 3. The van der Waals surface area contributed by atoms with E-state index in [0.29, 0.717) is 0 Å². The summed E-state index contributed by atoms with van der Waals surface area (Å²) in [5.74, 6) is 1.89. The Kier molecular flexibility index (Phi) is 7.64. The zero-order valence-electron chi connectivity index (χ0n) is 17.7. The summed E-state index contributed by atoms with van der Waals surface area (Å²) in [6, 6.07) is 1.22. The van der Waals surface area contributed by atoms with Gasteiger partial charge in [0.1, 0.15) is 12.2 Å². The molecule has 0 radical (unpaired) electrons. The molecular formula is C17H30N2O6PS3Si+. The van der Waals surface area contributed by atoms with Crippen LogP contribution in [-0.4, -0.2) is 59.4 Å². The lowest BCUT2D eigenvalue weighted by Crippen LogP contribution is -2.45. The van der Waals surface area contributed by atoms with E-state index in [1.165, 1.54) is 16.8 Å². The SMILES string of the molecule is CC(C)(C)[Si](C)(C)OC[C@H]1O[C@@H](n2ccc(=O)[nH]c2=O)[C@H](O)[C@@H]1O[P+]1(S)SCCS1. The zero-order chi connectivity index (χ0) is 22.3. The van der Waals surface area contributed by atoms with Gasteiger partial charge in [-0.2, -0.15) is 4.52 Å². The largest absolute Gasteiger partial charge is 0.414 e. The number of aliphatic hydroxyl groups is 1. The smallest absolute Gasteiger partial charge is 0.330 e. The van der Waals surface area contributed by atoms with Crippen LogP contribution in [-0.2, 0) is 13.7 Å². The molecule has 2 saturated heterocycles. The minimum atomic E-state index is -2.08. The first-order valence-electron chi connectivity index (χ1n) is 9.71. The van der Waals surface area contributed by atoms with Crippen molar-refractivity contribution >= 4 is 48.4 Å². The summed E-state index contributed by atoms with van der Waals surface area (Å²) in [7, 11) is -2.06. The molecule has 2 aliphatic heterocycles. The second-order valence-corrected chi connectivity index (χ2v) is 24.8. The lowest BCUT2D eigenvalue weighted by atomic mass is 10.1.